The van der Waals surface area contributed by atoms with Gasteiger partial charge in [0.1, 0.15) is 5.82 Å². The van der Waals surface area contributed by atoms with E-state index in [-0.39, 0.29) is 17.1 Å². The summed E-state index contributed by atoms with van der Waals surface area (Å²) in [4.78, 5) is 0.0923. The van der Waals surface area contributed by atoms with Crippen molar-refractivity contribution in [2.24, 2.45) is 0 Å². The normalized spacial score (nSPS) is 11.4. The van der Waals surface area contributed by atoms with Crippen molar-refractivity contribution in [1.82, 2.24) is 0 Å². The first-order chi connectivity index (χ1) is 9.86. The molecule has 2 N–H and O–H groups in total. The largest absolute Gasteiger partial charge is 0.398 e. The molecule has 0 aliphatic rings. The van der Waals surface area contributed by atoms with Crippen LogP contribution in [-0.4, -0.2) is 15.0 Å². The summed E-state index contributed by atoms with van der Waals surface area (Å²) in [7, 11) is -3.78. The molecule has 0 atom stereocenters. The van der Waals surface area contributed by atoms with Crippen LogP contribution in [0.25, 0.3) is 0 Å². The van der Waals surface area contributed by atoms with E-state index in [2.05, 4.69) is 15.9 Å². The molecule has 7 heteroatoms. The zero-order valence-electron chi connectivity index (χ0n) is 11.3. The number of nitrogens with two attached hydrogens (primary N) is 1. The lowest BCUT2D eigenvalue weighted by Gasteiger charge is -2.23. The number of halogens is 2. The first-order valence-electron chi connectivity index (χ1n) is 6.19. The van der Waals surface area contributed by atoms with Crippen LogP contribution < -0.4 is 10.0 Å². The summed E-state index contributed by atoms with van der Waals surface area (Å²) in [6.07, 6.45) is 0. The van der Waals surface area contributed by atoms with Crippen LogP contribution in [0.3, 0.4) is 0 Å². The number of nitrogens with zero attached hydrogens (tertiary/aromatic N) is 1. The van der Waals surface area contributed by atoms with Crippen LogP contribution in [0.1, 0.15) is 6.92 Å². The van der Waals surface area contributed by atoms with Crippen molar-refractivity contribution >= 4 is 37.3 Å². The quantitative estimate of drug-likeness (QED) is 0.836. The van der Waals surface area contributed by atoms with Crippen LogP contribution >= 0.6 is 15.9 Å². The van der Waals surface area contributed by atoms with E-state index in [0.717, 1.165) is 4.31 Å². The lowest BCUT2D eigenvalue weighted by atomic mass is 10.3. The van der Waals surface area contributed by atoms with Gasteiger partial charge in [0.25, 0.3) is 10.0 Å². The number of benzene rings is 2. The molecule has 0 saturated heterocycles. The highest BCUT2D eigenvalue weighted by molar-refractivity contribution is 9.10. The maximum atomic E-state index is 13.3. The molecular formula is C14H14BrFN2O2S. The van der Waals surface area contributed by atoms with Crippen molar-refractivity contribution in [3.05, 3.63) is 52.8 Å². The van der Waals surface area contributed by atoms with E-state index in [1.165, 1.54) is 36.4 Å². The molecule has 0 amide bonds. The molecule has 0 saturated carbocycles. The van der Waals surface area contributed by atoms with Crippen molar-refractivity contribution in [1.29, 1.82) is 0 Å². The third-order valence-electron chi connectivity index (χ3n) is 2.94. The SMILES string of the molecule is CCN(c1cccc(F)c1)S(=O)(=O)c1ccc(N)c(Br)c1. The predicted octanol–water partition coefficient (Wildman–Crippen LogP) is 3.39. The van der Waals surface area contributed by atoms with Gasteiger partial charge in [-0.1, -0.05) is 6.07 Å². The number of nitrogen functional groups attached to an aromatic ring is 1. The van der Waals surface area contributed by atoms with Crippen molar-refractivity contribution in [3.8, 4) is 0 Å². The van der Waals surface area contributed by atoms with Crippen LogP contribution in [0.15, 0.2) is 51.8 Å². The van der Waals surface area contributed by atoms with E-state index in [1.54, 1.807) is 13.0 Å². The Morgan fingerprint density at radius 3 is 2.52 bits per heavy atom. The van der Waals surface area contributed by atoms with Gasteiger partial charge in [-0.15, -0.1) is 0 Å². The first-order valence-corrected chi connectivity index (χ1v) is 8.43. The Labute approximate surface area is 131 Å². The topological polar surface area (TPSA) is 63.4 Å². The molecule has 0 fully saturated rings. The molecular weight excluding hydrogens is 359 g/mol. The molecule has 21 heavy (non-hydrogen) atoms. The predicted molar refractivity (Wildman–Crippen MR) is 85.2 cm³/mol. The summed E-state index contributed by atoms with van der Waals surface area (Å²) in [6.45, 7) is 1.88. The van der Waals surface area contributed by atoms with E-state index in [1.807, 2.05) is 0 Å². The summed E-state index contributed by atoms with van der Waals surface area (Å²) in [6, 6.07) is 9.86. The van der Waals surface area contributed by atoms with Gasteiger partial charge in [-0.05, 0) is 59.3 Å². The lowest BCUT2D eigenvalue weighted by Crippen LogP contribution is -2.30. The highest BCUT2D eigenvalue weighted by atomic mass is 79.9. The standard InChI is InChI=1S/C14H14BrFN2O2S/c1-2-18(11-5-3-4-10(16)8-11)21(19,20)12-6-7-14(17)13(15)9-12/h3-9H,2,17H2,1H3. The summed E-state index contributed by atoms with van der Waals surface area (Å²) in [5, 5.41) is 0. The van der Waals surface area contributed by atoms with Crippen LogP contribution in [0.4, 0.5) is 15.8 Å². The van der Waals surface area contributed by atoms with Crippen molar-refractivity contribution < 1.29 is 12.8 Å². The average Bonchev–Trinajstić information content (AvgIpc) is 2.42. The molecule has 0 heterocycles. The van der Waals surface area contributed by atoms with Crippen molar-refractivity contribution in [2.75, 3.05) is 16.6 Å². The molecule has 2 rings (SSSR count). The van der Waals surface area contributed by atoms with Gasteiger partial charge in [-0.2, -0.15) is 0 Å². The average molecular weight is 373 g/mol. The van der Waals surface area contributed by atoms with Gasteiger partial charge < -0.3 is 5.73 Å². The van der Waals surface area contributed by atoms with E-state index in [0.29, 0.717) is 10.2 Å². The Morgan fingerprint density at radius 2 is 1.95 bits per heavy atom. The molecule has 112 valence electrons. The molecule has 0 spiro atoms. The van der Waals surface area contributed by atoms with Crippen LogP contribution in [0.2, 0.25) is 0 Å². The number of sulfonamides is 1. The zero-order chi connectivity index (χ0) is 15.6. The first kappa shape index (κ1) is 15.8. The van der Waals surface area contributed by atoms with Crippen molar-refractivity contribution in [3.63, 3.8) is 0 Å². The third kappa shape index (κ3) is 3.19. The minimum Gasteiger partial charge on any atom is -0.398 e. The summed E-state index contributed by atoms with van der Waals surface area (Å²) >= 11 is 3.21. The highest BCUT2D eigenvalue weighted by Crippen LogP contribution is 2.28. The van der Waals surface area contributed by atoms with Gasteiger partial charge in [-0.25, -0.2) is 12.8 Å². The zero-order valence-corrected chi connectivity index (χ0v) is 13.7. The van der Waals surface area contributed by atoms with Crippen LogP contribution in [0.5, 0.6) is 0 Å². The Bertz CT molecular complexity index is 765. The molecule has 0 aromatic heterocycles. The fourth-order valence-electron chi connectivity index (χ4n) is 1.92. The molecule has 2 aromatic carbocycles. The van der Waals surface area contributed by atoms with Gasteiger partial charge in [0.05, 0.1) is 10.6 Å². The Balaban J connectivity index is 2.51. The van der Waals surface area contributed by atoms with E-state index in [4.69, 9.17) is 5.73 Å². The highest BCUT2D eigenvalue weighted by Gasteiger charge is 2.24. The molecule has 0 radical (unpaired) electrons. The summed E-state index contributed by atoms with van der Waals surface area (Å²) in [5.74, 6) is -0.486. The number of rotatable bonds is 4. The summed E-state index contributed by atoms with van der Waals surface area (Å²) in [5.41, 5.74) is 6.40. The summed E-state index contributed by atoms with van der Waals surface area (Å²) < 4.78 is 40.3. The van der Waals surface area contributed by atoms with Crippen LogP contribution in [0, 0.1) is 5.82 Å². The van der Waals surface area contributed by atoms with Crippen LogP contribution in [-0.2, 0) is 10.0 Å². The molecule has 2 aromatic rings. The Hall–Kier alpha value is -1.60. The second kappa shape index (κ2) is 6.03. The Morgan fingerprint density at radius 1 is 1.24 bits per heavy atom. The fraction of sp³-hybridized carbons (Fsp3) is 0.143. The molecule has 0 bridgehead atoms. The lowest BCUT2D eigenvalue weighted by molar-refractivity contribution is 0.591. The Kier molecular flexibility index (Phi) is 4.53. The number of hydrogen-bond donors (Lipinski definition) is 1. The van der Waals surface area contributed by atoms with E-state index >= 15 is 0 Å². The maximum Gasteiger partial charge on any atom is 0.264 e. The van der Waals surface area contributed by atoms with Gasteiger partial charge in [0.15, 0.2) is 0 Å². The van der Waals surface area contributed by atoms with Gasteiger partial charge in [0.2, 0.25) is 0 Å². The minimum atomic E-state index is -3.78. The van der Waals surface area contributed by atoms with Gasteiger partial charge >= 0.3 is 0 Å². The molecule has 0 aliphatic heterocycles. The second-order valence-electron chi connectivity index (χ2n) is 4.33. The monoisotopic (exact) mass is 372 g/mol. The number of anilines is 2. The molecule has 0 unspecified atom stereocenters. The van der Waals surface area contributed by atoms with E-state index in [9.17, 15) is 12.8 Å². The van der Waals surface area contributed by atoms with Crippen molar-refractivity contribution in [2.45, 2.75) is 11.8 Å². The van der Waals surface area contributed by atoms with E-state index < -0.39 is 15.8 Å². The third-order valence-corrected chi connectivity index (χ3v) is 5.53. The maximum absolute atomic E-state index is 13.3. The fourth-order valence-corrected chi connectivity index (χ4v) is 3.94. The van der Waals surface area contributed by atoms with Gasteiger partial charge in [-0.3, -0.25) is 4.31 Å². The minimum absolute atomic E-state index is 0.0923. The molecule has 4 nitrogen and oxygen atoms in total. The second-order valence-corrected chi connectivity index (χ2v) is 7.05. The van der Waals surface area contributed by atoms with Gasteiger partial charge in [0, 0.05) is 16.7 Å². The smallest absolute Gasteiger partial charge is 0.264 e. The molecule has 0 aliphatic carbocycles. The number of hydrogen-bond acceptors (Lipinski definition) is 3.